The maximum atomic E-state index is 13.3. The molecule has 0 amide bonds. The second-order valence-corrected chi connectivity index (χ2v) is 9.14. The number of pyridine rings is 1. The zero-order valence-electron chi connectivity index (χ0n) is 16.5. The van der Waals surface area contributed by atoms with Gasteiger partial charge in [-0.05, 0) is 43.2 Å². The molecule has 2 saturated carbocycles. The minimum absolute atomic E-state index is 0.357. The Morgan fingerprint density at radius 1 is 1.07 bits per heavy atom. The van der Waals surface area contributed by atoms with Gasteiger partial charge in [0.25, 0.3) is 0 Å². The van der Waals surface area contributed by atoms with Crippen LogP contribution in [0.15, 0.2) is 18.3 Å². The van der Waals surface area contributed by atoms with Gasteiger partial charge in [0.2, 0.25) is 0 Å². The topological polar surface area (TPSA) is 69.2 Å². The summed E-state index contributed by atoms with van der Waals surface area (Å²) in [7, 11) is 0. The van der Waals surface area contributed by atoms with Crippen molar-refractivity contribution in [2.24, 2.45) is 11.8 Å². The number of alkyl halides is 3. The van der Waals surface area contributed by atoms with Crippen molar-refractivity contribution in [2.45, 2.75) is 43.4 Å². The second-order valence-electron chi connectivity index (χ2n) is 9.14. The van der Waals surface area contributed by atoms with Crippen LogP contribution in [0.1, 0.15) is 42.5 Å². The quantitative estimate of drug-likeness (QED) is 0.824. The number of ether oxygens (including phenoxy) is 1. The second kappa shape index (κ2) is 6.43. The van der Waals surface area contributed by atoms with E-state index in [-0.39, 0.29) is 0 Å². The van der Waals surface area contributed by atoms with E-state index in [9.17, 15) is 13.2 Å². The van der Waals surface area contributed by atoms with Crippen LogP contribution in [0.25, 0.3) is 11.3 Å². The van der Waals surface area contributed by atoms with Gasteiger partial charge >= 0.3 is 6.18 Å². The monoisotopic (exact) mass is 419 g/mol. The lowest BCUT2D eigenvalue weighted by Gasteiger charge is -2.36. The molecule has 6 rings (SSSR count). The Bertz CT molecular complexity index is 970. The molecule has 4 aliphatic rings. The molecule has 9 heteroatoms. The third-order valence-electron chi connectivity index (χ3n) is 7.41. The van der Waals surface area contributed by atoms with Gasteiger partial charge in [0.1, 0.15) is 5.82 Å². The Morgan fingerprint density at radius 2 is 1.80 bits per heavy atom. The van der Waals surface area contributed by atoms with Gasteiger partial charge in [-0.3, -0.25) is 9.58 Å². The predicted octanol–water partition coefficient (Wildman–Crippen LogP) is 3.32. The van der Waals surface area contributed by atoms with Crippen molar-refractivity contribution in [1.29, 1.82) is 0 Å². The molecule has 0 radical (unpaired) electrons. The lowest BCUT2D eigenvalue weighted by atomic mass is 9.93. The van der Waals surface area contributed by atoms with E-state index < -0.39 is 17.6 Å². The fraction of sp³-hybridized carbons (Fsp3) is 0.619. The Hall–Kier alpha value is -2.13. The van der Waals surface area contributed by atoms with Gasteiger partial charge < -0.3 is 10.5 Å². The SMILES string of the molecule is Nc1ncc(-c2cc(C3C4CN(C5COC5)CC43)n(C3CCC3)n2)cc1C(F)(F)F. The van der Waals surface area contributed by atoms with Gasteiger partial charge in [-0.15, -0.1) is 0 Å². The van der Waals surface area contributed by atoms with E-state index >= 15 is 0 Å². The summed E-state index contributed by atoms with van der Waals surface area (Å²) in [4.78, 5) is 6.32. The molecule has 0 spiro atoms. The summed E-state index contributed by atoms with van der Waals surface area (Å²) in [6.45, 7) is 3.83. The summed E-state index contributed by atoms with van der Waals surface area (Å²) in [5, 5.41) is 4.76. The lowest BCUT2D eigenvalue weighted by Crippen LogP contribution is -2.48. The summed E-state index contributed by atoms with van der Waals surface area (Å²) in [5.41, 5.74) is 6.68. The smallest absolute Gasteiger partial charge is 0.383 e. The molecule has 30 heavy (non-hydrogen) atoms. The molecule has 2 aliphatic heterocycles. The number of nitrogen functional groups attached to an aromatic ring is 1. The van der Waals surface area contributed by atoms with Crippen molar-refractivity contribution < 1.29 is 17.9 Å². The largest absolute Gasteiger partial charge is 0.419 e. The average molecular weight is 419 g/mol. The number of piperidine rings is 1. The van der Waals surface area contributed by atoms with Crippen molar-refractivity contribution in [3.63, 3.8) is 0 Å². The van der Waals surface area contributed by atoms with Crippen LogP contribution in [0, 0.1) is 11.8 Å². The summed E-state index contributed by atoms with van der Waals surface area (Å²) in [6, 6.07) is 3.99. The van der Waals surface area contributed by atoms with Gasteiger partial charge in [-0.1, -0.05) is 0 Å². The number of hydrogen-bond acceptors (Lipinski definition) is 5. The molecular weight excluding hydrogens is 395 g/mol. The first-order chi connectivity index (χ1) is 14.4. The molecule has 160 valence electrons. The van der Waals surface area contributed by atoms with E-state index in [1.54, 1.807) is 0 Å². The molecule has 0 aromatic carbocycles. The summed E-state index contributed by atoms with van der Waals surface area (Å²) >= 11 is 0. The molecule has 2 N–H and O–H groups in total. The number of nitrogens with two attached hydrogens (primary N) is 1. The summed E-state index contributed by atoms with van der Waals surface area (Å²) in [6.07, 6.45) is 0.196. The lowest BCUT2D eigenvalue weighted by molar-refractivity contribution is -0.137. The maximum Gasteiger partial charge on any atom is 0.419 e. The van der Waals surface area contributed by atoms with Crippen molar-refractivity contribution in [3.05, 3.63) is 29.6 Å². The van der Waals surface area contributed by atoms with E-state index in [2.05, 4.69) is 14.6 Å². The van der Waals surface area contributed by atoms with Gasteiger partial charge in [-0.25, -0.2) is 4.98 Å². The normalized spacial score (nSPS) is 29.5. The highest BCUT2D eigenvalue weighted by molar-refractivity contribution is 5.63. The molecule has 2 aliphatic carbocycles. The van der Waals surface area contributed by atoms with Crippen molar-refractivity contribution in [1.82, 2.24) is 19.7 Å². The molecule has 6 nitrogen and oxygen atoms in total. The third-order valence-corrected chi connectivity index (χ3v) is 7.41. The van der Waals surface area contributed by atoms with E-state index in [4.69, 9.17) is 15.6 Å². The highest BCUT2D eigenvalue weighted by atomic mass is 19.4. The van der Waals surface area contributed by atoms with E-state index in [0.29, 0.717) is 41.1 Å². The first-order valence-corrected chi connectivity index (χ1v) is 10.6. The zero-order chi connectivity index (χ0) is 20.6. The van der Waals surface area contributed by atoms with Crippen LogP contribution in [-0.4, -0.2) is 52.0 Å². The van der Waals surface area contributed by atoms with Gasteiger partial charge in [0, 0.05) is 36.5 Å². The van der Waals surface area contributed by atoms with E-state index in [1.165, 1.54) is 18.3 Å². The molecule has 2 atom stereocenters. The molecule has 4 fully saturated rings. The minimum atomic E-state index is -4.53. The third kappa shape index (κ3) is 2.85. The van der Waals surface area contributed by atoms with Crippen molar-refractivity contribution >= 4 is 5.82 Å². The first-order valence-electron chi connectivity index (χ1n) is 10.6. The predicted molar refractivity (Wildman–Crippen MR) is 104 cm³/mol. The summed E-state index contributed by atoms with van der Waals surface area (Å²) in [5.74, 6) is 1.18. The highest BCUT2D eigenvalue weighted by Crippen LogP contribution is 2.59. The molecule has 0 bridgehead atoms. The van der Waals surface area contributed by atoms with Crippen LogP contribution < -0.4 is 5.73 Å². The van der Waals surface area contributed by atoms with Crippen LogP contribution in [0.4, 0.5) is 19.0 Å². The van der Waals surface area contributed by atoms with Crippen LogP contribution in [-0.2, 0) is 10.9 Å². The summed E-state index contributed by atoms with van der Waals surface area (Å²) < 4.78 is 47.3. The number of rotatable bonds is 4. The highest BCUT2D eigenvalue weighted by Gasteiger charge is 2.59. The van der Waals surface area contributed by atoms with Gasteiger partial charge in [0.05, 0.1) is 36.6 Å². The zero-order valence-corrected chi connectivity index (χ0v) is 16.5. The molecule has 2 saturated heterocycles. The Labute approximate surface area is 172 Å². The standard InChI is InChI=1S/C21H24F3N5O/c22-21(23,24)16-4-11(6-26-20(16)25)17-5-18(29(27-17)12-2-1-3-12)19-14-7-28(8-15(14)19)13-9-30-10-13/h4-6,12-15,19H,1-3,7-10H2,(H2,25,26). The molecular formula is C21H24F3N5O. The number of anilines is 1. The number of nitrogens with zero attached hydrogens (tertiary/aromatic N) is 4. The fourth-order valence-corrected chi connectivity index (χ4v) is 5.30. The molecule has 2 unspecified atom stereocenters. The van der Waals surface area contributed by atoms with E-state index in [1.807, 2.05) is 6.07 Å². The Balaban J connectivity index is 1.30. The molecule has 2 aromatic heterocycles. The Morgan fingerprint density at radius 3 is 2.37 bits per heavy atom. The van der Waals surface area contributed by atoms with Crippen molar-refractivity contribution in [2.75, 3.05) is 32.0 Å². The number of aromatic nitrogens is 3. The molecule has 2 aromatic rings. The van der Waals surface area contributed by atoms with Crippen LogP contribution in [0.3, 0.4) is 0 Å². The molecule has 4 heterocycles. The first kappa shape index (κ1) is 18.6. The number of hydrogen-bond donors (Lipinski definition) is 1. The number of fused-ring (bicyclic) bond motifs is 1. The fourth-order valence-electron chi connectivity index (χ4n) is 5.30. The Kier molecular flexibility index (Phi) is 3.99. The van der Waals surface area contributed by atoms with Gasteiger partial charge in [-0.2, -0.15) is 18.3 Å². The average Bonchev–Trinajstić information content (AvgIpc) is 2.94. The maximum absolute atomic E-state index is 13.3. The minimum Gasteiger partial charge on any atom is -0.383 e. The van der Waals surface area contributed by atoms with Crippen LogP contribution in [0.5, 0.6) is 0 Å². The van der Waals surface area contributed by atoms with Crippen molar-refractivity contribution in [3.8, 4) is 11.3 Å². The number of halogens is 3. The number of likely N-dealkylation sites (tertiary alicyclic amines) is 1. The van der Waals surface area contributed by atoms with Gasteiger partial charge in [0.15, 0.2) is 0 Å². The van der Waals surface area contributed by atoms with Crippen LogP contribution in [0.2, 0.25) is 0 Å². The van der Waals surface area contributed by atoms with Crippen LogP contribution >= 0.6 is 0 Å². The van der Waals surface area contributed by atoms with E-state index in [0.717, 1.165) is 45.2 Å².